The van der Waals surface area contributed by atoms with Crippen LogP contribution >= 0.6 is 0 Å². The van der Waals surface area contributed by atoms with Gasteiger partial charge in [-0.3, -0.25) is 0 Å². The molecule has 2 aliphatic heterocycles. The molecular formula is C31H40N6O. The zero-order valence-electron chi connectivity index (χ0n) is 23.0. The van der Waals surface area contributed by atoms with Crippen molar-refractivity contribution in [1.29, 1.82) is 0 Å². The Morgan fingerprint density at radius 3 is 2.45 bits per heavy atom. The molecule has 1 N–H and O–H groups in total. The lowest BCUT2D eigenvalue weighted by Gasteiger charge is -2.34. The van der Waals surface area contributed by atoms with Gasteiger partial charge >= 0.3 is 0 Å². The summed E-state index contributed by atoms with van der Waals surface area (Å²) < 4.78 is 5.77. The van der Waals surface area contributed by atoms with Crippen molar-refractivity contribution in [2.45, 2.75) is 44.6 Å². The number of nitrogens with one attached hydrogen (secondary N) is 1. The molecule has 0 radical (unpaired) electrons. The molecule has 7 nitrogen and oxygen atoms in total. The molecule has 0 bridgehead atoms. The SMILES string of the molecule is COc1cc2c(NC3CCN(c4ccccc4)CC3)nc(N3CCCCC3)nc2cc1C#CCCN(C)C. The standard InChI is InChI=1S/C31H40N6O/c1-35(2)17-11-8-12-24-22-28-27(23-29(24)38-3)30(34-31(33-28)37-18-9-5-10-19-37)32-25-15-20-36(21-16-25)26-13-6-4-7-14-26/h4,6-7,13-14,22-23,25H,5,9-11,15-21H2,1-3H3,(H,32,33,34). The molecule has 3 aromatic rings. The highest BCUT2D eigenvalue weighted by molar-refractivity contribution is 5.93. The summed E-state index contributed by atoms with van der Waals surface area (Å²) in [4.78, 5) is 17.1. The quantitative estimate of drug-likeness (QED) is 0.447. The number of para-hydroxylation sites is 1. The Hall–Kier alpha value is -3.50. The van der Waals surface area contributed by atoms with Crippen molar-refractivity contribution in [2.75, 3.05) is 69.0 Å². The number of anilines is 3. The molecule has 2 fully saturated rings. The van der Waals surface area contributed by atoms with E-state index < -0.39 is 0 Å². The van der Waals surface area contributed by atoms with Crippen molar-refractivity contribution in [3.63, 3.8) is 0 Å². The van der Waals surface area contributed by atoms with E-state index in [4.69, 9.17) is 14.7 Å². The maximum absolute atomic E-state index is 5.77. The lowest BCUT2D eigenvalue weighted by molar-refractivity contribution is 0.414. The van der Waals surface area contributed by atoms with Gasteiger partial charge in [-0.25, -0.2) is 4.98 Å². The molecule has 0 atom stereocenters. The minimum atomic E-state index is 0.360. The number of aromatic nitrogens is 2. The van der Waals surface area contributed by atoms with Crippen LogP contribution in [0.3, 0.4) is 0 Å². The van der Waals surface area contributed by atoms with Crippen LogP contribution in [0.4, 0.5) is 17.5 Å². The van der Waals surface area contributed by atoms with Crippen molar-refractivity contribution >= 4 is 28.4 Å². The summed E-state index contributed by atoms with van der Waals surface area (Å²) in [7, 11) is 5.84. The summed E-state index contributed by atoms with van der Waals surface area (Å²) in [6, 6.07) is 15.2. The normalized spacial score (nSPS) is 16.4. The molecule has 38 heavy (non-hydrogen) atoms. The van der Waals surface area contributed by atoms with Crippen LogP contribution in [0.5, 0.6) is 5.75 Å². The van der Waals surface area contributed by atoms with E-state index in [0.717, 1.165) is 86.0 Å². The largest absolute Gasteiger partial charge is 0.495 e. The molecule has 0 aliphatic carbocycles. The summed E-state index contributed by atoms with van der Waals surface area (Å²) >= 11 is 0. The van der Waals surface area contributed by atoms with Gasteiger partial charge in [0.05, 0.1) is 18.2 Å². The first-order valence-corrected chi connectivity index (χ1v) is 14.0. The third-order valence-corrected chi connectivity index (χ3v) is 7.51. The Kier molecular flexibility index (Phi) is 8.50. The van der Waals surface area contributed by atoms with Gasteiger partial charge in [0.25, 0.3) is 0 Å². The van der Waals surface area contributed by atoms with Crippen molar-refractivity contribution in [2.24, 2.45) is 0 Å². The molecule has 0 unspecified atom stereocenters. The van der Waals surface area contributed by atoms with Crippen LogP contribution in [-0.4, -0.2) is 74.8 Å². The van der Waals surface area contributed by atoms with Crippen LogP contribution in [0, 0.1) is 11.8 Å². The minimum absolute atomic E-state index is 0.360. The number of hydrogen-bond acceptors (Lipinski definition) is 7. The molecule has 0 spiro atoms. The van der Waals surface area contributed by atoms with E-state index in [1.54, 1.807) is 7.11 Å². The van der Waals surface area contributed by atoms with E-state index in [2.05, 4.69) is 88.4 Å². The van der Waals surface area contributed by atoms with E-state index in [-0.39, 0.29) is 0 Å². The van der Waals surface area contributed by atoms with Gasteiger partial charge in [0.1, 0.15) is 11.6 Å². The van der Waals surface area contributed by atoms with Crippen LogP contribution in [-0.2, 0) is 0 Å². The van der Waals surface area contributed by atoms with Crippen LogP contribution in [0.1, 0.15) is 44.1 Å². The number of benzene rings is 2. The monoisotopic (exact) mass is 512 g/mol. The maximum Gasteiger partial charge on any atom is 0.227 e. The molecule has 7 heteroatoms. The van der Waals surface area contributed by atoms with E-state index in [1.807, 2.05) is 0 Å². The Balaban J connectivity index is 1.43. The molecule has 3 heterocycles. The van der Waals surface area contributed by atoms with Gasteiger partial charge in [-0.05, 0) is 70.5 Å². The number of piperidine rings is 2. The lowest BCUT2D eigenvalue weighted by Crippen LogP contribution is -2.39. The first-order valence-electron chi connectivity index (χ1n) is 14.0. The van der Waals surface area contributed by atoms with Crippen molar-refractivity contribution in [1.82, 2.24) is 14.9 Å². The van der Waals surface area contributed by atoms with Gasteiger partial charge in [0.2, 0.25) is 5.95 Å². The molecular weight excluding hydrogens is 472 g/mol. The number of fused-ring (bicyclic) bond motifs is 1. The second kappa shape index (κ2) is 12.4. The zero-order valence-corrected chi connectivity index (χ0v) is 23.0. The second-order valence-corrected chi connectivity index (χ2v) is 10.6. The molecule has 2 aromatic carbocycles. The number of rotatable bonds is 7. The van der Waals surface area contributed by atoms with E-state index in [1.165, 1.54) is 24.9 Å². The molecule has 200 valence electrons. The molecule has 2 aliphatic rings. The van der Waals surface area contributed by atoms with E-state index in [9.17, 15) is 0 Å². The summed E-state index contributed by atoms with van der Waals surface area (Å²) in [5, 5.41) is 4.80. The third-order valence-electron chi connectivity index (χ3n) is 7.51. The average molecular weight is 513 g/mol. The van der Waals surface area contributed by atoms with E-state index >= 15 is 0 Å². The summed E-state index contributed by atoms with van der Waals surface area (Å²) in [5.74, 6) is 9.12. The predicted molar refractivity (Wildman–Crippen MR) is 158 cm³/mol. The van der Waals surface area contributed by atoms with Gasteiger partial charge in [-0.15, -0.1) is 0 Å². The van der Waals surface area contributed by atoms with Crippen LogP contribution in [0.2, 0.25) is 0 Å². The van der Waals surface area contributed by atoms with Crippen LogP contribution in [0.25, 0.3) is 10.9 Å². The summed E-state index contributed by atoms with van der Waals surface area (Å²) in [5.41, 5.74) is 3.10. The van der Waals surface area contributed by atoms with E-state index in [0.29, 0.717) is 6.04 Å². The van der Waals surface area contributed by atoms with Gasteiger partial charge in [-0.2, -0.15) is 4.98 Å². The lowest BCUT2D eigenvalue weighted by atomic mass is 10.0. The van der Waals surface area contributed by atoms with Crippen molar-refractivity contribution in [3.05, 3.63) is 48.0 Å². The highest BCUT2D eigenvalue weighted by Crippen LogP contribution is 2.32. The fourth-order valence-electron chi connectivity index (χ4n) is 5.31. The molecule has 0 amide bonds. The number of nitrogens with zero attached hydrogens (tertiary/aromatic N) is 5. The first kappa shape index (κ1) is 26.1. The first-order chi connectivity index (χ1) is 18.6. The van der Waals surface area contributed by atoms with Gasteiger partial charge in [-0.1, -0.05) is 30.0 Å². The highest BCUT2D eigenvalue weighted by Gasteiger charge is 2.23. The topological polar surface area (TPSA) is 56.8 Å². The number of methoxy groups -OCH3 is 1. The van der Waals surface area contributed by atoms with Crippen molar-refractivity contribution < 1.29 is 4.74 Å². The average Bonchev–Trinajstić information content (AvgIpc) is 2.96. The maximum atomic E-state index is 5.77. The van der Waals surface area contributed by atoms with Crippen LogP contribution < -0.4 is 19.9 Å². The number of ether oxygens (including phenoxy) is 1. The fourth-order valence-corrected chi connectivity index (χ4v) is 5.31. The third kappa shape index (κ3) is 6.31. The Morgan fingerprint density at radius 1 is 0.974 bits per heavy atom. The Labute approximate surface area is 227 Å². The predicted octanol–water partition coefficient (Wildman–Crippen LogP) is 5.01. The van der Waals surface area contributed by atoms with Gasteiger partial charge < -0.3 is 24.8 Å². The minimum Gasteiger partial charge on any atom is -0.495 e. The smallest absolute Gasteiger partial charge is 0.227 e. The van der Waals surface area contributed by atoms with Crippen LogP contribution in [0.15, 0.2) is 42.5 Å². The summed E-state index contributed by atoms with van der Waals surface area (Å²) in [6.45, 7) is 5.00. The zero-order chi connectivity index (χ0) is 26.3. The van der Waals surface area contributed by atoms with Gasteiger partial charge in [0.15, 0.2) is 0 Å². The molecule has 5 rings (SSSR count). The Morgan fingerprint density at radius 2 is 1.74 bits per heavy atom. The van der Waals surface area contributed by atoms with Gasteiger partial charge in [0, 0.05) is 56.3 Å². The second-order valence-electron chi connectivity index (χ2n) is 10.6. The fraction of sp³-hybridized carbons (Fsp3) is 0.484. The molecule has 2 saturated heterocycles. The summed E-state index contributed by atoms with van der Waals surface area (Å²) in [6.07, 6.45) is 6.59. The Bertz CT molecular complexity index is 1270. The molecule has 1 aromatic heterocycles. The molecule has 0 saturated carbocycles. The van der Waals surface area contributed by atoms with Crippen molar-refractivity contribution in [3.8, 4) is 17.6 Å². The highest BCUT2D eigenvalue weighted by atomic mass is 16.5. The number of hydrogen-bond donors (Lipinski definition) is 1.